The molecular weight excluding hydrogens is 348 g/mol. The number of aliphatic hydroxyl groups is 1. The highest BCUT2D eigenvalue weighted by molar-refractivity contribution is 5.65. The Bertz CT molecular complexity index is 563. The summed E-state index contributed by atoms with van der Waals surface area (Å²) >= 11 is 0. The lowest BCUT2D eigenvalue weighted by Crippen LogP contribution is -2.48. The van der Waals surface area contributed by atoms with E-state index >= 15 is 0 Å². The number of hydrogen-bond acceptors (Lipinski definition) is 5. The normalized spacial score (nSPS) is 19.4. The molecule has 2 rings (SSSR count). The molecule has 0 saturated carbocycles. The van der Waals surface area contributed by atoms with E-state index < -0.39 is 24.0 Å². The topological polar surface area (TPSA) is 100 Å². The van der Waals surface area contributed by atoms with Crippen LogP contribution in [0, 0.1) is 5.92 Å². The molecule has 1 amide bonds. The lowest BCUT2D eigenvalue weighted by Gasteiger charge is -2.25. The molecule has 7 heteroatoms. The molecule has 3 atom stereocenters. The van der Waals surface area contributed by atoms with Crippen molar-refractivity contribution in [1.29, 1.82) is 0 Å². The Morgan fingerprint density at radius 1 is 1.22 bits per heavy atom. The maximum atomic E-state index is 11.1. The molecule has 1 heterocycles. The molecule has 0 aliphatic carbocycles. The first kappa shape index (κ1) is 21.6. The SMILES string of the molecule is CC(CCC1(C)OCCO1)CNC[C@@H](O)[C@H](Cc1ccccc1)NC(=O)O. The first-order valence-electron chi connectivity index (χ1n) is 9.58. The molecule has 1 saturated heterocycles. The number of amides is 1. The minimum atomic E-state index is -1.13. The second kappa shape index (κ2) is 10.6. The zero-order valence-corrected chi connectivity index (χ0v) is 16.2. The molecule has 1 unspecified atom stereocenters. The molecule has 0 spiro atoms. The highest BCUT2D eigenvalue weighted by Crippen LogP contribution is 2.25. The van der Waals surface area contributed by atoms with Gasteiger partial charge in [-0.3, -0.25) is 0 Å². The number of hydrogen-bond donors (Lipinski definition) is 4. The third-order valence-electron chi connectivity index (χ3n) is 4.91. The number of rotatable bonds is 11. The molecule has 1 aromatic rings. The van der Waals surface area contributed by atoms with Crippen molar-refractivity contribution in [2.24, 2.45) is 5.92 Å². The van der Waals surface area contributed by atoms with Crippen molar-refractivity contribution in [3.63, 3.8) is 0 Å². The fourth-order valence-electron chi connectivity index (χ4n) is 3.24. The second-order valence-corrected chi connectivity index (χ2v) is 7.45. The lowest BCUT2D eigenvalue weighted by molar-refractivity contribution is -0.148. The van der Waals surface area contributed by atoms with E-state index in [-0.39, 0.29) is 0 Å². The summed E-state index contributed by atoms with van der Waals surface area (Å²) < 4.78 is 11.2. The zero-order valence-electron chi connectivity index (χ0n) is 16.2. The second-order valence-electron chi connectivity index (χ2n) is 7.45. The van der Waals surface area contributed by atoms with Crippen LogP contribution in [0.2, 0.25) is 0 Å². The Morgan fingerprint density at radius 3 is 2.52 bits per heavy atom. The van der Waals surface area contributed by atoms with Crippen LogP contribution in [-0.2, 0) is 15.9 Å². The van der Waals surface area contributed by atoms with Crippen molar-refractivity contribution in [3.05, 3.63) is 35.9 Å². The number of ether oxygens (including phenoxy) is 2. The van der Waals surface area contributed by atoms with Gasteiger partial charge in [0.2, 0.25) is 0 Å². The number of carboxylic acid groups (broad SMARTS) is 1. The van der Waals surface area contributed by atoms with Gasteiger partial charge >= 0.3 is 6.09 Å². The minimum Gasteiger partial charge on any atom is -0.465 e. The van der Waals surface area contributed by atoms with Gasteiger partial charge in [0.25, 0.3) is 0 Å². The van der Waals surface area contributed by atoms with Crippen molar-refractivity contribution in [2.45, 2.75) is 51.0 Å². The summed E-state index contributed by atoms with van der Waals surface area (Å²) in [5.41, 5.74) is 0.980. The summed E-state index contributed by atoms with van der Waals surface area (Å²) in [7, 11) is 0. The maximum Gasteiger partial charge on any atom is 0.404 e. The van der Waals surface area contributed by atoms with Crippen molar-refractivity contribution >= 4 is 6.09 Å². The van der Waals surface area contributed by atoms with E-state index in [1.807, 2.05) is 37.3 Å². The van der Waals surface area contributed by atoms with Crippen molar-refractivity contribution in [3.8, 4) is 0 Å². The Morgan fingerprint density at radius 2 is 1.89 bits per heavy atom. The molecule has 1 aliphatic heterocycles. The molecule has 7 nitrogen and oxygen atoms in total. The van der Waals surface area contributed by atoms with Gasteiger partial charge in [0, 0.05) is 13.0 Å². The highest BCUT2D eigenvalue weighted by Gasteiger charge is 2.30. The van der Waals surface area contributed by atoms with Crippen molar-refractivity contribution in [1.82, 2.24) is 10.6 Å². The Kier molecular flexibility index (Phi) is 8.50. The van der Waals surface area contributed by atoms with Gasteiger partial charge in [-0.2, -0.15) is 0 Å². The van der Waals surface area contributed by atoms with Crippen LogP contribution in [-0.4, -0.2) is 60.5 Å². The van der Waals surface area contributed by atoms with Gasteiger partial charge in [0.15, 0.2) is 5.79 Å². The summed E-state index contributed by atoms with van der Waals surface area (Å²) in [5.74, 6) is -0.0817. The van der Waals surface area contributed by atoms with E-state index in [0.29, 0.717) is 32.1 Å². The Hall–Kier alpha value is -1.67. The largest absolute Gasteiger partial charge is 0.465 e. The van der Waals surface area contributed by atoms with Gasteiger partial charge in [-0.25, -0.2) is 4.79 Å². The average Bonchev–Trinajstić information content (AvgIpc) is 3.07. The lowest BCUT2D eigenvalue weighted by atomic mass is 10.00. The van der Waals surface area contributed by atoms with Gasteiger partial charge in [-0.05, 0) is 37.8 Å². The van der Waals surface area contributed by atoms with Gasteiger partial charge in [-0.1, -0.05) is 37.3 Å². The average molecular weight is 380 g/mol. The van der Waals surface area contributed by atoms with Crippen LogP contribution < -0.4 is 10.6 Å². The first-order chi connectivity index (χ1) is 12.9. The standard InChI is InChI=1S/C20H32N2O5/c1-15(8-9-20(2)26-10-11-27-20)13-21-14-18(23)17(22-19(24)25)12-16-6-4-3-5-7-16/h3-7,15,17-18,21-23H,8-14H2,1-2H3,(H,24,25)/t15?,17-,18+/m0/s1. The van der Waals surface area contributed by atoms with Gasteiger partial charge in [0.05, 0.1) is 25.4 Å². The molecule has 1 aromatic carbocycles. The number of carbonyl (C=O) groups is 1. The van der Waals surface area contributed by atoms with Crippen molar-refractivity contribution in [2.75, 3.05) is 26.3 Å². The molecule has 152 valence electrons. The number of nitrogens with one attached hydrogen (secondary N) is 2. The van der Waals surface area contributed by atoms with Crippen LogP contribution >= 0.6 is 0 Å². The summed E-state index contributed by atoms with van der Waals surface area (Å²) in [5, 5.41) is 25.2. The molecule has 1 aliphatic rings. The zero-order chi connectivity index (χ0) is 19.7. The van der Waals surface area contributed by atoms with Crippen molar-refractivity contribution < 1.29 is 24.5 Å². The van der Waals surface area contributed by atoms with E-state index in [1.54, 1.807) is 0 Å². The predicted octanol–water partition coefficient (Wildman–Crippen LogP) is 2.00. The molecule has 0 radical (unpaired) electrons. The van der Waals surface area contributed by atoms with Crippen LogP contribution in [0.25, 0.3) is 0 Å². The van der Waals surface area contributed by atoms with E-state index in [1.165, 1.54) is 0 Å². The van der Waals surface area contributed by atoms with Crippen LogP contribution in [0.1, 0.15) is 32.3 Å². The summed E-state index contributed by atoms with van der Waals surface area (Å²) in [6, 6.07) is 8.99. The third kappa shape index (κ3) is 7.84. The van der Waals surface area contributed by atoms with Gasteiger partial charge in [-0.15, -0.1) is 0 Å². The highest BCUT2D eigenvalue weighted by atomic mass is 16.7. The molecule has 0 bridgehead atoms. The molecule has 27 heavy (non-hydrogen) atoms. The maximum absolute atomic E-state index is 11.1. The summed E-state index contributed by atoms with van der Waals surface area (Å²) in [6.45, 7) is 6.46. The summed E-state index contributed by atoms with van der Waals surface area (Å²) in [4.78, 5) is 11.1. The monoisotopic (exact) mass is 380 g/mol. The molecular formula is C20H32N2O5. The van der Waals surface area contributed by atoms with Crippen LogP contribution in [0.5, 0.6) is 0 Å². The smallest absolute Gasteiger partial charge is 0.404 e. The van der Waals surface area contributed by atoms with E-state index in [9.17, 15) is 9.90 Å². The van der Waals surface area contributed by atoms with E-state index in [2.05, 4.69) is 17.6 Å². The molecule has 1 fully saturated rings. The number of aliphatic hydroxyl groups excluding tert-OH is 1. The first-order valence-corrected chi connectivity index (χ1v) is 9.58. The minimum absolute atomic E-state index is 0.326. The third-order valence-corrected chi connectivity index (χ3v) is 4.91. The molecule has 4 N–H and O–H groups in total. The van der Waals surface area contributed by atoms with Crippen LogP contribution in [0.3, 0.4) is 0 Å². The predicted molar refractivity (Wildman–Crippen MR) is 103 cm³/mol. The molecule has 0 aromatic heterocycles. The van der Waals surface area contributed by atoms with Gasteiger partial charge < -0.3 is 30.3 Å². The fraction of sp³-hybridized carbons (Fsp3) is 0.650. The van der Waals surface area contributed by atoms with Crippen LogP contribution in [0.15, 0.2) is 30.3 Å². The van der Waals surface area contributed by atoms with Crippen LogP contribution in [0.4, 0.5) is 4.79 Å². The quantitative estimate of drug-likeness (QED) is 0.469. The van der Waals surface area contributed by atoms with E-state index in [0.717, 1.165) is 24.9 Å². The van der Waals surface area contributed by atoms with Gasteiger partial charge in [0.1, 0.15) is 0 Å². The van der Waals surface area contributed by atoms with E-state index in [4.69, 9.17) is 14.6 Å². The summed E-state index contributed by atoms with van der Waals surface area (Å²) in [6.07, 6.45) is 0.273. The Balaban J connectivity index is 1.73. The number of benzene rings is 1. The fourth-order valence-corrected chi connectivity index (χ4v) is 3.24. The Labute approximate surface area is 161 Å².